The summed E-state index contributed by atoms with van der Waals surface area (Å²) in [5.41, 5.74) is 2.27. The van der Waals surface area contributed by atoms with E-state index in [1.165, 1.54) is 14.2 Å². The molecule has 0 saturated heterocycles. The number of esters is 2. The van der Waals surface area contributed by atoms with Gasteiger partial charge in [-0.25, -0.2) is 4.79 Å². The predicted molar refractivity (Wildman–Crippen MR) is 97.0 cm³/mol. The molecule has 2 aromatic carbocycles. The smallest absolute Gasteiger partial charge is 0.323 e. The molecule has 26 heavy (non-hydrogen) atoms. The van der Waals surface area contributed by atoms with Crippen molar-refractivity contribution in [3.05, 3.63) is 59.7 Å². The van der Waals surface area contributed by atoms with Crippen molar-refractivity contribution in [3.63, 3.8) is 0 Å². The Morgan fingerprint density at radius 3 is 1.50 bits per heavy atom. The quantitative estimate of drug-likeness (QED) is 0.776. The van der Waals surface area contributed by atoms with Crippen molar-refractivity contribution in [1.29, 1.82) is 0 Å². The number of hydrogen-bond donors (Lipinski definition) is 2. The number of para-hydroxylation sites is 2. The van der Waals surface area contributed by atoms with E-state index in [9.17, 15) is 14.4 Å². The molecule has 2 amide bonds. The summed E-state index contributed by atoms with van der Waals surface area (Å²) in [5.74, 6) is -0.800. The Hall–Kier alpha value is -3.35. The number of rotatable bonds is 6. The van der Waals surface area contributed by atoms with Crippen molar-refractivity contribution in [2.75, 3.05) is 24.9 Å². The summed E-state index contributed by atoms with van der Waals surface area (Å²) in [6.07, 6.45) is 0.0950. The minimum absolute atomic E-state index is 0.0475. The van der Waals surface area contributed by atoms with E-state index in [1.54, 1.807) is 48.5 Å². The van der Waals surface area contributed by atoms with Gasteiger partial charge in [0, 0.05) is 11.4 Å². The van der Waals surface area contributed by atoms with Crippen LogP contribution < -0.4 is 10.6 Å². The monoisotopic (exact) mass is 356 g/mol. The van der Waals surface area contributed by atoms with Gasteiger partial charge in [0.05, 0.1) is 27.1 Å². The lowest BCUT2D eigenvalue weighted by atomic mass is 10.1. The van der Waals surface area contributed by atoms with Gasteiger partial charge in [-0.2, -0.15) is 0 Å². The summed E-state index contributed by atoms with van der Waals surface area (Å²) in [7, 11) is 2.62. The zero-order valence-electron chi connectivity index (χ0n) is 14.6. The lowest BCUT2D eigenvalue weighted by molar-refractivity contribution is -0.140. The number of carbonyl (C=O) groups is 3. The van der Waals surface area contributed by atoms with Gasteiger partial charge < -0.3 is 20.1 Å². The molecule has 0 aliphatic rings. The summed E-state index contributed by atoms with van der Waals surface area (Å²) in [4.78, 5) is 35.3. The number of hydrogen-bond acceptors (Lipinski definition) is 5. The molecule has 0 saturated carbocycles. The Morgan fingerprint density at radius 2 is 1.12 bits per heavy atom. The van der Waals surface area contributed by atoms with Crippen LogP contribution in [-0.4, -0.2) is 32.2 Å². The molecule has 0 aliphatic heterocycles. The second-order valence-corrected chi connectivity index (χ2v) is 5.40. The molecule has 0 fully saturated rings. The predicted octanol–water partition coefficient (Wildman–Crippen LogP) is 2.76. The molecule has 136 valence electrons. The van der Waals surface area contributed by atoms with Crippen molar-refractivity contribution in [1.82, 2.24) is 0 Å². The highest BCUT2D eigenvalue weighted by atomic mass is 16.5. The van der Waals surface area contributed by atoms with Crippen LogP contribution in [0.3, 0.4) is 0 Å². The van der Waals surface area contributed by atoms with Gasteiger partial charge >= 0.3 is 18.0 Å². The van der Waals surface area contributed by atoms with E-state index in [1.807, 2.05) is 0 Å². The Morgan fingerprint density at radius 1 is 0.731 bits per heavy atom. The molecule has 7 nitrogen and oxygen atoms in total. The Balaban J connectivity index is 2.11. The topological polar surface area (TPSA) is 93.7 Å². The lowest BCUT2D eigenvalue weighted by Gasteiger charge is -2.13. The highest BCUT2D eigenvalue weighted by Gasteiger charge is 2.13. The summed E-state index contributed by atoms with van der Waals surface area (Å²) in [5, 5.41) is 5.42. The number of carbonyl (C=O) groups excluding carboxylic acids is 3. The average molecular weight is 356 g/mol. The van der Waals surface area contributed by atoms with Gasteiger partial charge in [-0.05, 0) is 23.3 Å². The number of benzene rings is 2. The average Bonchev–Trinajstić information content (AvgIpc) is 2.64. The second-order valence-electron chi connectivity index (χ2n) is 5.40. The van der Waals surface area contributed by atoms with Crippen LogP contribution in [0.2, 0.25) is 0 Å². The molecule has 0 radical (unpaired) electrons. The van der Waals surface area contributed by atoms with Crippen LogP contribution in [0.1, 0.15) is 11.1 Å². The molecule has 2 rings (SSSR count). The zero-order valence-corrected chi connectivity index (χ0v) is 14.6. The number of amides is 2. The van der Waals surface area contributed by atoms with Crippen LogP contribution in [0.25, 0.3) is 0 Å². The molecule has 0 aromatic heterocycles. The maximum absolute atomic E-state index is 12.3. The van der Waals surface area contributed by atoms with Gasteiger partial charge in [0.2, 0.25) is 0 Å². The second kappa shape index (κ2) is 9.22. The van der Waals surface area contributed by atoms with Crippen molar-refractivity contribution >= 4 is 29.3 Å². The molecular weight excluding hydrogens is 336 g/mol. The lowest BCUT2D eigenvalue weighted by Crippen LogP contribution is -2.22. The van der Waals surface area contributed by atoms with Gasteiger partial charge in [-0.15, -0.1) is 0 Å². The first-order valence-corrected chi connectivity index (χ1v) is 7.91. The zero-order chi connectivity index (χ0) is 18.9. The fraction of sp³-hybridized carbons (Fsp3) is 0.211. The molecule has 2 N–H and O–H groups in total. The van der Waals surface area contributed by atoms with Crippen LogP contribution in [0.5, 0.6) is 0 Å². The third-order valence-corrected chi connectivity index (χ3v) is 3.66. The van der Waals surface area contributed by atoms with Gasteiger partial charge in [-0.3, -0.25) is 9.59 Å². The standard InChI is InChI=1S/C19H20N2O5/c1-25-17(22)11-13-7-3-5-9-15(13)20-19(24)21-16-10-6-4-8-14(16)12-18(23)26-2/h3-10H,11-12H2,1-2H3,(H2,20,21,24). The number of nitrogens with one attached hydrogen (secondary N) is 2. The van der Waals surface area contributed by atoms with Crippen molar-refractivity contribution in [2.24, 2.45) is 0 Å². The Kier molecular flexibility index (Phi) is 6.73. The van der Waals surface area contributed by atoms with Gasteiger partial charge in [0.15, 0.2) is 0 Å². The van der Waals surface area contributed by atoms with Gasteiger partial charge in [0.25, 0.3) is 0 Å². The normalized spacial score (nSPS) is 9.92. The maximum atomic E-state index is 12.3. The van der Waals surface area contributed by atoms with Crippen molar-refractivity contribution in [3.8, 4) is 0 Å². The van der Waals surface area contributed by atoms with E-state index < -0.39 is 18.0 Å². The van der Waals surface area contributed by atoms with E-state index in [2.05, 4.69) is 20.1 Å². The van der Waals surface area contributed by atoms with E-state index >= 15 is 0 Å². The van der Waals surface area contributed by atoms with E-state index in [4.69, 9.17) is 0 Å². The summed E-state index contributed by atoms with van der Waals surface area (Å²) in [6, 6.07) is 13.4. The molecule has 7 heteroatoms. The fourth-order valence-electron chi connectivity index (χ4n) is 2.32. The minimum Gasteiger partial charge on any atom is -0.469 e. The van der Waals surface area contributed by atoms with E-state index in [0.717, 1.165) is 0 Å². The van der Waals surface area contributed by atoms with Crippen LogP contribution in [0, 0.1) is 0 Å². The molecule has 0 heterocycles. The van der Waals surface area contributed by atoms with E-state index in [-0.39, 0.29) is 12.8 Å². The minimum atomic E-state index is -0.486. The summed E-state index contributed by atoms with van der Waals surface area (Å²) >= 11 is 0. The van der Waals surface area contributed by atoms with Crippen LogP contribution in [0.15, 0.2) is 48.5 Å². The van der Waals surface area contributed by atoms with Crippen LogP contribution in [-0.2, 0) is 31.9 Å². The maximum Gasteiger partial charge on any atom is 0.323 e. The molecule has 0 aliphatic carbocycles. The fourth-order valence-corrected chi connectivity index (χ4v) is 2.32. The highest BCUT2D eigenvalue weighted by Crippen LogP contribution is 2.19. The van der Waals surface area contributed by atoms with Gasteiger partial charge in [0.1, 0.15) is 0 Å². The Labute approximate surface area is 151 Å². The molecule has 0 unspecified atom stereocenters. The first-order chi connectivity index (χ1) is 12.5. The Bertz CT molecular complexity index is 739. The molecular formula is C19H20N2O5. The molecule has 0 atom stereocenters. The molecule has 0 bridgehead atoms. The van der Waals surface area contributed by atoms with Crippen molar-refractivity contribution < 1.29 is 23.9 Å². The SMILES string of the molecule is COC(=O)Cc1ccccc1NC(=O)Nc1ccccc1CC(=O)OC. The van der Waals surface area contributed by atoms with E-state index in [0.29, 0.717) is 22.5 Å². The third kappa shape index (κ3) is 5.34. The first kappa shape index (κ1) is 19.0. The number of ether oxygens (including phenoxy) is 2. The van der Waals surface area contributed by atoms with Gasteiger partial charge in [-0.1, -0.05) is 36.4 Å². The highest BCUT2D eigenvalue weighted by molar-refractivity contribution is 6.01. The van der Waals surface area contributed by atoms with Crippen molar-refractivity contribution in [2.45, 2.75) is 12.8 Å². The number of methoxy groups -OCH3 is 2. The number of urea groups is 1. The van der Waals surface area contributed by atoms with Crippen LogP contribution in [0.4, 0.5) is 16.2 Å². The van der Waals surface area contributed by atoms with Crippen LogP contribution >= 0.6 is 0 Å². The first-order valence-electron chi connectivity index (χ1n) is 7.91. The largest absolute Gasteiger partial charge is 0.469 e. The summed E-state index contributed by atoms with van der Waals surface area (Å²) in [6.45, 7) is 0. The third-order valence-electron chi connectivity index (χ3n) is 3.66. The summed E-state index contributed by atoms with van der Waals surface area (Å²) < 4.78 is 9.32. The molecule has 2 aromatic rings. The molecule has 0 spiro atoms. The number of anilines is 2.